The van der Waals surface area contributed by atoms with Crippen molar-refractivity contribution in [2.75, 3.05) is 18.1 Å². The van der Waals surface area contributed by atoms with E-state index >= 15 is 0 Å². The Morgan fingerprint density at radius 2 is 2.00 bits per heavy atom. The van der Waals surface area contributed by atoms with Gasteiger partial charge in [0.2, 0.25) is 0 Å². The lowest BCUT2D eigenvalue weighted by molar-refractivity contribution is 0.0917. The number of nitrogens with zero attached hydrogens (tertiary/aromatic N) is 2. The zero-order valence-electron chi connectivity index (χ0n) is 15.7. The summed E-state index contributed by atoms with van der Waals surface area (Å²) < 4.78 is 7.89. The Kier molecular flexibility index (Phi) is 5.08. The highest BCUT2D eigenvalue weighted by atomic mass is 79.9. The largest absolute Gasteiger partial charge is 0.376 e. The van der Waals surface area contributed by atoms with Crippen LogP contribution in [0.2, 0.25) is 0 Å². The molecule has 3 aromatic carbocycles. The number of thiazole rings is 1. The van der Waals surface area contributed by atoms with Gasteiger partial charge in [-0.25, -0.2) is 4.98 Å². The molecule has 1 fully saturated rings. The monoisotopic (exact) mass is 466 g/mol. The SMILES string of the molecule is O=C(c1ccc2ccccc2c1)N(CC1CCCO1)c1nc2ccc(Br)cc2s1. The van der Waals surface area contributed by atoms with E-state index in [1.165, 1.54) is 11.3 Å². The number of anilines is 1. The molecule has 1 aromatic heterocycles. The van der Waals surface area contributed by atoms with Crippen molar-refractivity contribution >= 4 is 59.3 Å². The molecule has 29 heavy (non-hydrogen) atoms. The topological polar surface area (TPSA) is 42.4 Å². The van der Waals surface area contributed by atoms with Crippen molar-refractivity contribution in [2.45, 2.75) is 18.9 Å². The third-order valence-corrected chi connectivity index (χ3v) is 6.76. The number of rotatable bonds is 4. The summed E-state index contributed by atoms with van der Waals surface area (Å²) in [6.07, 6.45) is 2.06. The van der Waals surface area contributed by atoms with E-state index in [0.717, 1.165) is 44.9 Å². The molecule has 0 N–H and O–H groups in total. The van der Waals surface area contributed by atoms with E-state index in [1.807, 2.05) is 54.6 Å². The fourth-order valence-corrected chi connectivity index (χ4v) is 5.24. The van der Waals surface area contributed by atoms with Crippen LogP contribution in [-0.2, 0) is 4.74 Å². The first-order valence-corrected chi connectivity index (χ1v) is 11.3. The second-order valence-electron chi connectivity index (χ2n) is 7.22. The highest BCUT2D eigenvalue weighted by Crippen LogP contribution is 2.32. The van der Waals surface area contributed by atoms with Gasteiger partial charge in [-0.2, -0.15) is 0 Å². The van der Waals surface area contributed by atoms with E-state index in [-0.39, 0.29) is 12.0 Å². The van der Waals surface area contributed by atoms with Gasteiger partial charge >= 0.3 is 0 Å². The summed E-state index contributed by atoms with van der Waals surface area (Å²) in [6.45, 7) is 1.28. The molecule has 6 heteroatoms. The molecule has 1 atom stereocenters. The second kappa shape index (κ2) is 7.86. The van der Waals surface area contributed by atoms with E-state index in [2.05, 4.69) is 22.0 Å². The molecule has 1 amide bonds. The number of fused-ring (bicyclic) bond motifs is 2. The van der Waals surface area contributed by atoms with E-state index < -0.39 is 0 Å². The fourth-order valence-electron chi connectivity index (χ4n) is 3.72. The van der Waals surface area contributed by atoms with Gasteiger partial charge in [-0.1, -0.05) is 57.6 Å². The van der Waals surface area contributed by atoms with Crippen LogP contribution in [0.4, 0.5) is 5.13 Å². The number of hydrogen-bond acceptors (Lipinski definition) is 4. The number of hydrogen-bond donors (Lipinski definition) is 0. The van der Waals surface area contributed by atoms with E-state index in [0.29, 0.717) is 17.2 Å². The maximum atomic E-state index is 13.5. The summed E-state index contributed by atoms with van der Waals surface area (Å²) in [7, 11) is 0. The number of halogens is 1. The predicted molar refractivity (Wildman–Crippen MR) is 122 cm³/mol. The van der Waals surface area contributed by atoms with Crippen molar-refractivity contribution in [3.8, 4) is 0 Å². The van der Waals surface area contributed by atoms with Gasteiger partial charge < -0.3 is 4.74 Å². The van der Waals surface area contributed by atoms with E-state index in [4.69, 9.17) is 9.72 Å². The molecule has 1 aliphatic heterocycles. The number of benzene rings is 3. The lowest BCUT2D eigenvalue weighted by atomic mass is 10.1. The number of carbonyl (C=O) groups excluding carboxylic acids is 1. The van der Waals surface area contributed by atoms with Crippen molar-refractivity contribution in [3.63, 3.8) is 0 Å². The van der Waals surface area contributed by atoms with Gasteiger partial charge in [-0.15, -0.1) is 0 Å². The molecule has 146 valence electrons. The molecular weight excluding hydrogens is 448 g/mol. The molecule has 0 spiro atoms. The van der Waals surface area contributed by atoms with Crippen LogP contribution in [0.5, 0.6) is 0 Å². The summed E-state index contributed by atoms with van der Waals surface area (Å²) in [4.78, 5) is 20.1. The van der Waals surface area contributed by atoms with E-state index in [9.17, 15) is 4.79 Å². The smallest absolute Gasteiger partial charge is 0.260 e. The zero-order valence-corrected chi connectivity index (χ0v) is 18.1. The highest BCUT2D eigenvalue weighted by molar-refractivity contribution is 9.10. The molecule has 1 unspecified atom stereocenters. The van der Waals surface area contributed by atoms with Crippen LogP contribution in [0.25, 0.3) is 21.0 Å². The molecule has 4 nitrogen and oxygen atoms in total. The predicted octanol–water partition coefficient (Wildman–Crippen LogP) is 6.04. The third-order valence-electron chi connectivity index (χ3n) is 5.22. The van der Waals surface area contributed by atoms with Crippen molar-refractivity contribution in [3.05, 3.63) is 70.7 Å². The first-order valence-electron chi connectivity index (χ1n) is 9.66. The summed E-state index contributed by atoms with van der Waals surface area (Å²) in [5, 5.41) is 2.90. The molecule has 1 aliphatic rings. The summed E-state index contributed by atoms with van der Waals surface area (Å²) in [5.41, 5.74) is 1.57. The molecule has 0 aliphatic carbocycles. The molecule has 4 aromatic rings. The van der Waals surface area contributed by atoms with Crippen LogP contribution in [-0.4, -0.2) is 30.1 Å². The summed E-state index contributed by atoms with van der Waals surface area (Å²) >= 11 is 5.05. The van der Waals surface area contributed by atoms with Crippen molar-refractivity contribution in [1.29, 1.82) is 0 Å². The Hall–Kier alpha value is -2.28. The van der Waals surface area contributed by atoms with Crippen LogP contribution in [0.1, 0.15) is 23.2 Å². The van der Waals surface area contributed by atoms with Gasteiger partial charge in [0.25, 0.3) is 5.91 Å². The van der Waals surface area contributed by atoms with Crippen LogP contribution in [0, 0.1) is 0 Å². The molecular formula is C23H19BrN2O2S. The quantitative estimate of drug-likeness (QED) is 0.368. The Balaban J connectivity index is 1.55. The lowest BCUT2D eigenvalue weighted by Gasteiger charge is -2.23. The minimum Gasteiger partial charge on any atom is -0.376 e. The highest BCUT2D eigenvalue weighted by Gasteiger charge is 2.27. The molecule has 0 bridgehead atoms. The number of ether oxygens (including phenoxy) is 1. The Morgan fingerprint density at radius 1 is 1.14 bits per heavy atom. The number of carbonyl (C=O) groups is 1. The minimum atomic E-state index is -0.0376. The zero-order chi connectivity index (χ0) is 19.8. The first-order chi connectivity index (χ1) is 14.2. The van der Waals surface area contributed by atoms with Gasteiger partial charge in [-0.05, 0) is 53.9 Å². The van der Waals surface area contributed by atoms with Gasteiger partial charge in [0, 0.05) is 16.6 Å². The van der Waals surface area contributed by atoms with Gasteiger partial charge in [0.1, 0.15) is 0 Å². The normalized spacial score (nSPS) is 16.5. The van der Waals surface area contributed by atoms with Gasteiger partial charge in [0.15, 0.2) is 5.13 Å². The Labute approximate surface area is 181 Å². The van der Waals surface area contributed by atoms with E-state index in [1.54, 1.807) is 4.90 Å². The average molecular weight is 467 g/mol. The van der Waals surface area contributed by atoms with Crippen molar-refractivity contribution in [2.24, 2.45) is 0 Å². The van der Waals surface area contributed by atoms with Crippen LogP contribution in [0.3, 0.4) is 0 Å². The fraction of sp³-hybridized carbons (Fsp3) is 0.217. The standard InChI is InChI=1S/C23H19BrN2O2S/c24-18-9-10-20-21(13-18)29-23(25-20)26(14-19-6-3-11-28-19)22(27)17-8-7-15-4-1-2-5-16(15)12-17/h1-2,4-5,7-10,12-13,19H,3,6,11,14H2. The van der Waals surface area contributed by atoms with Gasteiger partial charge in [-0.3, -0.25) is 9.69 Å². The number of amides is 1. The summed E-state index contributed by atoms with van der Waals surface area (Å²) in [6, 6.07) is 19.9. The molecule has 0 radical (unpaired) electrons. The maximum absolute atomic E-state index is 13.5. The minimum absolute atomic E-state index is 0.0376. The maximum Gasteiger partial charge on any atom is 0.260 e. The molecule has 2 heterocycles. The van der Waals surface area contributed by atoms with Crippen LogP contribution in [0.15, 0.2) is 65.1 Å². The van der Waals surface area contributed by atoms with Crippen molar-refractivity contribution in [1.82, 2.24) is 4.98 Å². The average Bonchev–Trinajstić information content (AvgIpc) is 3.40. The Bertz CT molecular complexity index is 1200. The van der Waals surface area contributed by atoms with Gasteiger partial charge in [0.05, 0.1) is 22.9 Å². The van der Waals surface area contributed by atoms with Crippen LogP contribution < -0.4 is 4.90 Å². The molecule has 1 saturated heterocycles. The Morgan fingerprint density at radius 3 is 2.83 bits per heavy atom. The van der Waals surface area contributed by atoms with Crippen LogP contribution >= 0.6 is 27.3 Å². The first kappa shape index (κ1) is 18.7. The third kappa shape index (κ3) is 3.80. The second-order valence-corrected chi connectivity index (χ2v) is 9.15. The summed E-state index contributed by atoms with van der Waals surface area (Å²) in [5.74, 6) is -0.0376. The lowest BCUT2D eigenvalue weighted by Crippen LogP contribution is -2.37. The molecule has 5 rings (SSSR count). The number of aromatic nitrogens is 1. The van der Waals surface area contributed by atoms with Crippen molar-refractivity contribution < 1.29 is 9.53 Å². The molecule has 0 saturated carbocycles.